The Labute approximate surface area is 236 Å². The van der Waals surface area contributed by atoms with Gasteiger partial charge in [-0.05, 0) is 35.8 Å². The Hall–Kier alpha value is -4.28. The molecule has 0 bridgehead atoms. The van der Waals surface area contributed by atoms with Gasteiger partial charge in [-0.15, -0.1) is 11.6 Å². The zero-order valence-electron chi connectivity index (χ0n) is 22.2. The summed E-state index contributed by atoms with van der Waals surface area (Å²) in [5.41, 5.74) is 10.0. The minimum absolute atomic E-state index is 0.0419. The maximum atomic E-state index is 13.4. The zero-order chi connectivity index (χ0) is 29.0. The van der Waals surface area contributed by atoms with Crippen LogP contribution < -0.4 is 16.0 Å². The summed E-state index contributed by atoms with van der Waals surface area (Å²) in [5, 5.41) is 13.7. The Morgan fingerprint density at radius 1 is 1.15 bits per heavy atom. The zero-order valence-corrected chi connectivity index (χ0v) is 22.9. The third kappa shape index (κ3) is 6.13. The van der Waals surface area contributed by atoms with Crippen molar-refractivity contribution in [2.24, 2.45) is 12.8 Å². The Morgan fingerprint density at radius 3 is 2.52 bits per heavy atom. The van der Waals surface area contributed by atoms with Gasteiger partial charge in [-0.1, -0.05) is 31.2 Å². The number of anilines is 2. The molecule has 11 heteroatoms. The van der Waals surface area contributed by atoms with Gasteiger partial charge < -0.3 is 15.6 Å². The van der Waals surface area contributed by atoms with Gasteiger partial charge in [0.1, 0.15) is 0 Å². The SMILES string of the molecule is CCCC(=O)Nc1cc(C=CC(=O)N2c3cc(C(=O)Cc4ccc([N+](=O)[O-])cc4)ccc3C(CCl)C2N)n(C)c1. The number of carbonyl (C=O) groups is 3. The second kappa shape index (κ2) is 12.3. The highest BCUT2D eigenvalue weighted by Gasteiger charge is 2.38. The van der Waals surface area contributed by atoms with E-state index in [2.05, 4.69) is 5.32 Å². The van der Waals surface area contributed by atoms with Crippen molar-refractivity contribution in [3.05, 3.63) is 93.3 Å². The first-order valence-corrected chi connectivity index (χ1v) is 13.4. The predicted octanol–water partition coefficient (Wildman–Crippen LogP) is 4.76. The molecule has 2 amide bonds. The van der Waals surface area contributed by atoms with Gasteiger partial charge in [-0.3, -0.25) is 29.4 Å². The molecule has 0 saturated carbocycles. The summed E-state index contributed by atoms with van der Waals surface area (Å²) < 4.78 is 1.79. The monoisotopic (exact) mass is 563 g/mol. The van der Waals surface area contributed by atoms with Gasteiger partial charge in [-0.2, -0.15) is 0 Å². The average molecular weight is 564 g/mol. The lowest BCUT2D eigenvalue weighted by molar-refractivity contribution is -0.384. The Morgan fingerprint density at radius 2 is 1.88 bits per heavy atom. The van der Waals surface area contributed by atoms with Gasteiger partial charge in [0.2, 0.25) is 5.91 Å². The van der Waals surface area contributed by atoms with Crippen molar-refractivity contribution in [2.45, 2.75) is 38.3 Å². The highest BCUT2D eigenvalue weighted by atomic mass is 35.5. The van der Waals surface area contributed by atoms with Crippen molar-refractivity contribution in [3.8, 4) is 0 Å². The summed E-state index contributed by atoms with van der Waals surface area (Å²) in [7, 11) is 1.81. The van der Waals surface area contributed by atoms with Gasteiger partial charge in [0.15, 0.2) is 5.78 Å². The summed E-state index contributed by atoms with van der Waals surface area (Å²) in [6, 6.07) is 12.7. The quantitative estimate of drug-likeness (QED) is 0.120. The summed E-state index contributed by atoms with van der Waals surface area (Å²) in [6.07, 6.45) is 5.29. The number of aromatic nitrogens is 1. The lowest BCUT2D eigenvalue weighted by atomic mass is 9.97. The predicted molar refractivity (Wildman–Crippen MR) is 154 cm³/mol. The van der Waals surface area contributed by atoms with E-state index in [1.165, 1.54) is 23.1 Å². The molecule has 3 N–H and O–H groups in total. The van der Waals surface area contributed by atoms with E-state index in [4.69, 9.17) is 17.3 Å². The number of alkyl halides is 1. The number of amides is 2. The lowest BCUT2D eigenvalue weighted by Gasteiger charge is -2.23. The number of carbonyl (C=O) groups excluding carboxylic acids is 3. The molecule has 0 aliphatic carbocycles. The Kier molecular flexibility index (Phi) is 8.81. The Bertz CT molecular complexity index is 1480. The van der Waals surface area contributed by atoms with Crippen LogP contribution in [0.4, 0.5) is 17.1 Å². The molecular weight excluding hydrogens is 534 g/mol. The highest BCUT2D eigenvalue weighted by Crippen LogP contribution is 2.41. The summed E-state index contributed by atoms with van der Waals surface area (Å²) >= 11 is 6.22. The highest BCUT2D eigenvalue weighted by molar-refractivity contribution is 6.19. The fraction of sp³-hybridized carbons (Fsp3) is 0.276. The minimum Gasteiger partial charge on any atom is -0.349 e. The number of nitrogens with zero attached hydrogens (tertiary/aromatic N) is 3. The van der Waals surface area contributed by atoms with Gasteiger partial charge in [0.25, 0.3) is 11.6 Å². The van der Waals surface area contributed by atoms with Crippen molar-refractivity contribution in [3.63, 3.8) is 0 Å². The number of halogens is 1. The van der Waals surface area contributed by atoms with Crippen LogP contribution in [-0.4, -0.2) is 39.1 Å². The van der Waals surface area contributed by atoms with E-state index in [1.807, 2.05) is 14.0 Å². The molecule has 2 unspecified atom stereocenters. The number of ketones is 1. The number of hydrogen-bond acceptors (Lipinski definition) is 6. The molecule has 40 heavy (non-hydrogen) atoms. The minimum atomic E-state index is -0.720. The molecule has 1 aliphatic heterocycles. The Balaban J connectivity index is 1.55. The van der Waals surface area contributed by atoms with Crippen LogP contribution in [0.3, 0.4) is 0 Å². The largest absolute Gasteiger partial charge is 0.349 e. The number of nitrogens with two attached hydrogens (primary N) is 1. The van der Waals surface area contributed by atoms with Crippen LogP contribution >= 0.6 is 11.6 Å². The normalized spacial score (nSPS) is 16.2. The third-order valence-electron chi connectivity index (χ3n) is 6.84. The topological polar surface area (TPSA) is 141 Å². The van der Waals surface area contributed by atoms with Crippen molar-refractivity contribution in [2.75, 3.05) is 16.1 Å². The number of fused-ring (bicyclic) bond motifs is 1. The lowest BCUT2D eigenvalue weighted by Crippen LogP contribution is -2.45. The average Bonchev–Trinajstić information content (AvgIpc) is 3.41. The first-order valence-electron chi connectivity index (χ1n) is 12.8. The molecule has 0 radical (unpaired) electrons. The van der Waals surface area contributed by atoms with Crippen LogP contribution in [0.2, 0.25) is 0 Å². The molecule has 4 rings (SSSR count). The van der Waals surface area contributed by atoms with Crippen molar-refractivity contribution < 1.29 is 19.3 Å². The van der Waals surface area contributed by atoms with Crippen LogP contribution in [0, 0.1) is 10.1 Å². The first kappa shape index (κ1) is 28.7. The number of benzene rings is 2. The maximum Gasteiger partial charge on any atom is 0.269 e. The van der Waals surface area contributed by atoms with Crippen LogP contribution in [0.25, 0.3) is 6.08 Å². The number of nitrogens with one attached hydrogen (secondary N) is 1. The summed E-state index contributed by atoms with van der Waals surface area (Å²) in [6.45, 7) is 1.93. The molecule has 2 atom stereocenters. The van der Waals surface area contributed by atoms with Crippen molar-refractivity contribution in [1.29, 1.82) is 0 Å². The number of nitro benzene ring substituents is 1. The maximum absolute atomic E-state index is 13.4. The summed E-state index contributed by atoms with van der Waals surface area (Å²) in [4.78, 5) is 50.2. The van der Waals surface area contributed by atoms with E-state index in [0.29, 0.717) is 34.6 Å². The van der Waals surface area contributed by atoms with Crippen molar-refractivity contribution >= 4 is 52.3 Å². The smallest absolute Gasteiger partial charge is 0.269 e. The molecule has 2 aromatic carbocycles. The van der Waals surface area contributed by atoms with E-state index in [1.54, 1.807) is 53.2 Å². The van der Waals surface area contributed by atoms with Crippen molar-refractivity contribution in [1.82, 2.24) is 4.57 Å². The number of Topliss-reactive ketones (excluding diaryl/α,β-unsaturated/α-hetero) is 1. The number of aryl methyl sites for hydroxylation is 1. The number of nitro groups is 1. The van der Waals surface area contributed by atoms with E-state index < -0.39 is 11.1 Å². The van der Waals surface area contributed by atoms with Gasteiger partial charge in [0.05, 0.1) is 16.8 Å². The molecule has 3 aromatic rings. The first-order chi connectivity index (χ1) is 19.1. The van der Waals surface area contributed by atoms with E-state index in [-0.39, 0.29) is 41.5 Å². The number of rotatable bonds is 10. The van der Waals surface area contributed by atoms with Crippen LogP contribution in [0.1, 0.15) is 52.9 Å². The molecule has 10 nitrogen and oxygen atoms in total. The molecule has 0 saturated heterocycles. The van der Waals surface area contributed by atoms with E-state index >= 15 is 0 Å². The molecule has 0 fully saturated rings. The molecular formula is C29H30ClN5O5. The van der Waals surface area contributed by atoms with Gasteiger partial charge in [-0.25, -0.2) is 0 Å². The van der Waals surface area contributed by atoms with Gasteiger partial charge in [0, 0.05) is 73.0 Å². The van der Waals surface area contributed by atoms with Crippen LogP contribution in [0.15, 0.2) is 60.8 Å². The third-order valence-corrected chi connectivity index (χ3v) is 7.17. The van der Waals surface area contributed by atoms with E-state index in [0.717, 1.165) is 12.0 Å². The molecule has 2 heterocycles. The molecule has 1 aromatic heterocycles. The molecule has 208 valence electrons. The fourth-order valence-corrected chi connectivity index (χ4v) is 5.08. The van der Waals surface area contributed by atoms with Crippen LogP contribution in [-0.2, 0) is 23.1 Å². The van der Waals surface area contributed by atoms with Gasteiger partial charge >= 0.3 is 0 Å². The second-order valence-corrected chi connectivity index (χ2v) is 9.96. The standard InChI is InChI=1S/C29H30ClN5O5/c1-3-4-27(37)32-20-15-22(33(2)17-20)10-12-28(38)34-25-14-19(7-11-23(25)24(16-30)29(34)31)26(36)13-18-5-8-21(9-6-18)35(39)40/h5-12,14-15,17,24,29H,3-4,13,16,31H2,1-2H3,(H,32,37). The van der Waals surface area contributed by atoms with Crippen LogP contribution in [0.5, 0.6) is 0 Å². The number of hydrogen-bond donors (Lipinski definition) is 2. The fourth-order valence-electron chi connectivity index (χ4n) is 4.73. The second-order valence-electron chi connectivity index (χ2n) is 9.65. The summed E-state index contributed by atoms with van der Waals surface area (Å²) in [5.74, 6) is -0.784. The molecule has 1 aliphatic rings. The molecule has 0 spiro atoms. The number of non-ortho nitro benzene ring substituents is 1. The van der Waals surface area contributed by atoms with E-state index in [9.17, 15) is 24.5 Å².